The average molecular weight is 341 g/mol. The third kappa shape index (κ3) is 5.26. The van der Waals surface area contributed by atoms with Gasteiger partial charge in [-0.25, -0.2) is 13.1 Å². The number of carbonyl (C=O) groups excluding carboxylic acids is 1. The van der Waals surface area contributed by atoms with Crippen molar-refractivity contribution in [1.82, 2.24) is 14.6 Å². The van der Waals surface area contributed by atoms with Gasteiger partial charge >= 0.3 is 0 Å². The SMILES string of the molecule is CCOCC(=O)N1CC[C@@H](NS(C)(=O)=O)C1Cc1ccncc1. The summed E-state index contributed by atoms with van der Waals surface area (Å²) in [6.45, 7) is 2.85. The number of rotatable bonds is 7. The highest BCUT2D eigenvalue weighted by Gasteiger charge is 2.38. The number of nitrogens with one attached hydrogen (secondary N) is 1. The number of amides is 1. The molecule has 1 N–H and O–H groups in total. The van der Waals surface area contributed by atoms with Gasteiger partial charge in [0.2, 0.25) is 15.9 Å². The lowest BCUT2D eigenvalue weighted by atomic mass is 10.0. The maximum atomic E-state index is 12.3. The molecule has 0 aromatic carbocycles. The minimum absolute atomic E-state index is 0.0228. The van der Waals surface area contributed by atoms with Crippen LogP contribution in [-0.2, 0) is 26.0 Å². The Morgan fingerprint density at radius 2 is 2.13 bits per heavy atom. The first-order chi connectivity index (χ1) is 10.9. The molecule has 1 amide bonds. The first kappa shape index (κ1) is 17.8. The van der Waals surface area contributed by atoms with Gasteiger partial charge in [0.1, 0.15) is 6.61 Å². The fourth-order valence-corrected chi connectivity index (χ4v) is 3.69. The summed E-state index contributed by atoms with van der Waals surface area (Å²) in [7, 11) is -3.33. The van der Waals surface area contributed by atoms with Crippen molar-refractivity contribution in [2.45, 2.75) is 31.8 Å². The number of sulfonamides is 1. The first-order valence-corrected chi connectivity index (χ1v) is 9.53. The van der Waals surface area contributed by atoms with Crippen LogP contribution in [0.15, 0.2) is 24.5 Å². The average Bonchev–Trinajstić information content (AvgIpc) is 2.87. The van der Waals surface area contributed by atoms with Gasteiger partial charge in [-0.15, -0.1) is 0 Å². The number of ether oxygens (including phenoxy) is 1. The molecule has 23 heavy (non-hydrogen) atoms. The smallest absolute Gasteiger partial charge is 0.248 e. The quantitative estimate of drug-likeness (QED) is 0.764. The Kier molecular flexibility index (Phi) is 6.09. The zero-order valence-electron chi connectivity index (χ0n) is 13.4. The Morgan fingerprint density at radius 3 is 2.74 bits per heavy atom. The molecule has 2 heterocycles. The van der Waals surface area contributed by atoms with E-state index in [1.54, 1.807) is 17.3 Å². The number of hydrogen-bond donors (Lipinski definition) is 1. The third-order valence-corrected chi connectivity index (χ3v) is 4.59. The van der Waals surface area contributed by atoms with Gasteiger partial charge in [-0.1, -0.05) is 0 Å². The van der Waals surface area contributed by atoms with Crippen LogP contribution < -0.4 is 4.72 Å². The van der Waals surface area contributed by atoms with Crippen LogP contribution in [0.3, 0.4) is 0 Å². The lowest BCUT2D eigenvalue weighted by molar-refractivity contribution is -0.136. The van der Waals surface area contributed by atoms with E-state index in [1.165, 1.54) is 0 Å². The van der Waals surface area contributed by atoms with Crippen LogP contribution in [0.4, 0.5) is 0 Å². The molecular weight excluding hydrogens is 318 g/mol. The van der Waals surface area contributed by atoms with E-state index in [9.17, 15) is 13.2 Å². The molecule has 1 saturated heterocycles. The van der Waals surface area contributed by atoms with E-state index in [2.05, 4.69) is 9.71 Å². The topological polar surface area (TPSA) is 88.6 Å². The van der Waals surface area contributed by atoms with Gasteiger partial charge in [0, 0.05) is 31.6 Å². The highest BCUT2D eigenvalue weighted by Crippen LogP contribution is 2.22. The monoisotopic (exact) mass is 341 g/mol. The minimum Gasteiger partial charge on any atom is -0.372 e. The molecule has 0 radical (unpaired) electrons. The molecule has 128 valence electrons. The summed E-state index contributed by atoms with van der Waals surface area (Å²) in [6.07, 6.45) is 5.70. The first-order valence-electron chi connectivity index (χ1n) is 7.64. The largest absolute Gasteiger partial charge is 0.372 e. The zero-order valence-corrected chi connectivity index (χ0v) is 14.3. The highest BCUT2D eigenvalue weighted by atomic mass is 32.2. The lowest BCUT2D eigenvalue weighted by Crippen LogP contribution is -2.48. The van der Waals surface area contributed by atoms with Crippen molar-refractivity contribution >= 4 is 15.9 Å². The predicted octanol–water partition coefficient (Wildman–Crippen LogP) is 0.179. The van der Waals surface area contributed by atoms with Gasteiger partial charge in [0.15, 0.2) is 0 Å². The van der Waals surface area contributed by atoms with Gasteiger partial charge in [0.05, 0.1) is 12.3 Å². The van der Waals surface area contributed by atoms with E-state index >= 15 is 0 Å². The molecule has 1 aromatic rings. The van der Waals surface area contributed by atoms with Crippen molar-refractivity contribution in [3.63, 3.8) is 0 Å². The molecule has 1 fully saturated rings. The van der Waals surface area contributed by atoms with Crippen LogP contribution in [0.5, 0.6) is 0 Å². The van der Waals surface area contributed by atoms with E-state index in [1.807, 2.05) is 19.1 Å². The molecule has 0 bridgehead atoms. The van der Waals surface area contributed by atoms with E-state index in [0.29, 0.717) is 26.0 Å². The Hall–Kier alpha value is -1.51. The molecule has 2 atom stereocenters. The molecule has 8 heteroatoms. The number of nitrogens with zero attached hydrogens (tertiary/aromatic N) is 2. The van der Waals surface area contributed by atoms with Gasteiger partial charge < -0.3 is 9.64 Å². The van der Waals surface area contributed by atoms with E-state index in [0.717, 1.165) is 11.8 Å². The summed E-state index contributed by atoms with van der Waals surface area (Å²) in [5.41, 5.74) is 1.02. The fraction of sp³-hybridized carbons (Fsp3) is 0.600. The summed E-state index contributed by atoms with van der Waals surface area (Å²) < 4.78 is 31.0. The van der Waals surface area contributed by atoms with Crippen molar-refractivity contribution < 1.29 is 17.9 Å². The standard InChI is InChI=1S/C15H23N3O4S/c1-3-22-11-15(19)18-9-6-13(17-23(2,20)21)14(18)10-12-4-7-16-8-5-12/h4-5,7-8,13-14,17H,3,6,9-11H2,1-2H3/t13-,14?/m1/s1. The van der Waals surface area contributed by atoms with Crippen molar-refractivity contribution in [1.29, 1.82) is 0 Å². The Bertz CT molecular complexity index is 621. The maximum Gasteiger partial charge on any atom is 0.248 e. The number of likely N-dealkylation sites (tertiary alicyclic amines) is 1. The van der Waals surface area contributed by atoms with E-state index in [-0.39, 0.29) is 24.6 Å². The van der Waals surface area contributed by atoms with Gasteiger partial charge in [0.25, 0.3) is 0 Å². The second-order valence-electron chi connectivity index (χ2n) is 5.64. The number of carbonyl (C=O) groups is 1. The molecule has 0 aliphatic carbocycles. The molecule has 0 spiro atoms. The molecular formula is C15H23N3O4S. The molecule has 0 saturated carbocycles. The van der Waals surface area contributed by atoms with Gasteiger partial charge in [-0.3, -0.25) is 9.78 Å². The fourth-order valence-electron chi connectivity index (χ4n) is 2.86. The van der Waals surface area contributed by atoms with Gasteiger partial charge in [-0.05, 0) is 37.5 Å². The van der Waals surface area contributed by atoms with E-state index in [4.69, 9.17) is 4.74 Å². The molecule has 1 aliphatic heterocycles. The Morgan fingerprint density at radius 1 is 1.43 bits per heavy atom. The molecule has 1 unspecified atom stereocenters. The summed E-state index contributed by atoms with van der Waals surface area (Å²) in [5.74, 6) is -0.108. The molecule has 7 nitrogen and oxygen atoms in total. The van der Waals surface area contributed by atoms with Crippen LogP contribution in [0.2, 0.25) is 0 Å². The van der Waals surface area contributed by atoms with Crippen LogP contribution in [0.25, 0.3) is 0 Å². The summed E-state index contributed by atoms with van der Waals surface area (Å²) >= 11 is 0. The van der Waals surface area contributed by atoms with Crippen LogP contribution in [0.1, 0.15) is 18.9 Å². The molecule has 2 rings (SSSR count). The number of pyridine rings is 1. The van der Waals surface area contributed by atoms with Crippen molar-refractivity contribution in [3.8, 4) is 0 Å². The predicted molar refractivity (Wildman–Crippen MR) is 86.3 cm³/mol. The van der Waals surface area contributed by atoms with Crippen LogP contribution in [0, 0.1) is 0 Å². The molecule has 1 aromatic heterocycles. The second kappa shape index (κ2) is 7.85. The number of aromatic nitrogens is 1. The van der Waals surface area contributed by atoms with E-state index < -0.39 is 10.0 Å². The number of hydrogen-bond acceptors (Lipinski definition) is 5. The second-order valence-corrected chi connectivity index (χ2v) is 7.42. The lowest BCUT2D eigenvalue weighted by Gasteiger charge is -2.28. The summed E-state index contributed by atoms with van der Waals surface area (Å²) in [6, 6.07) is 3.24. The Labute approximate surface area is 137 Å². The summed E-state index contributed by atoms with van der Waals surface area (Å²) in [4.78, 5) is 18.0. The van der Waals surface area contributed by atoms with Crippen LogP contribution in [-0.4, -0.2) is 62.3 Å². The van der Waals surface area contributed by atoms with Crippen LogP contribution >= 0.6 is 0 Å². The highest BCUT2D eigenvalue weighted by molar-refractivity contribution is 7.88. The minimum atomic E-state index is -3.33. The molecule has 1 aliphatic rings. The Balaban J connectivity index is 2.16. The normalized spacial score (nSPS) is 21.6. The summed E-state index contributed by atoms with van der Waals surface area (Å²) in [5, 5.41) is 0. The zero-order chi connectivity index (χ0) is 16.9. The van der Waals surface area contributed by atoms with Crippen molar-refractivity contribution in [2.75, 3.05) is 26.0 Å². The third-order valence-electron chi connectivity index (χ3n) is 3.86. The van der Waals surface area contributed by atoms with Crippen molar-refractivity contribution in [2.24, 2.45) is 0 Å². The maximum absolute atomic E-state index is 12.3. The van der Waals surface area contributed by atoms with Crippen molar-refractivity contribution in [3.05, 3.63) is 30.1 Å². The van der Waals surface area contributed by atoms with Gasteiger partial charge in [-0.2, -0.15) is 0 Å².